The molecule has 0 fully saturated rings. The number of hydrogen-bond acceptors (Lipinski definition) is 1. The van der Waals surface area contributed by atoms with Gasteiger partial charge in [-0.3, -0.25) is 0 Å². The van der Waals surface area contributed by atoms with E-state index >= 15 is 4.39 Å². The van der Waals surface area contributed by atoms with Gasteiger partial charge < -0.3 is 9.13 Å². The number of rotatable bonds is 7. The summed E-state index contributed by atoms with van der Waals surface area (Å²) in [4.78, 5) is 0. The largest absolute Gasteiger partial charge is 0.308 e. The van der Waals surface area contributed by atoms with Crippen LogP contribution >= 0.6 is 0 Å². The van der Waals surface area contributed by atoms with Crippen LogP contribution in [-0.2, 0) is 0 Å². The molecule has 0 aliphatic heterocycles. The van der Waals surface area contributed by atoms with Gasteiger partial charge in [-0.25, -0.2) is 4.39 Å². The van der Waals surface area contributed by atoms with Crippen LogP contribution in [0.15, 0.2) is 176 Å². The highest BCUT2D eigenvalue weighted by Gasteiger charge is 2.25. The van der Waals surface area contributed by atoms with Crippen molar-refractivity contribution in [3.63, 3.8) is 0 Å². The Morgan fingerprint density at radius 3 is 1.14 bits per heavy atom. The molecule has 2 aromatic heterocycles. The lowest BCUT2D eigenvalue weighted by Gasteiger charge is -2.21. The standard InChI is InChI=1S/C70H56FN3/c1-40-27-43(4)67(44(5)28-40)53-19-25-61-59(35-53)57-23-17-52(50-13-11-10-12-14-50)37-63(57)73(61)65-33-49(39-72)34-66(70(65)51-15-21-56(71)22-16-51)74-62-26-20-54(68-45(6)29-41(2)30-46(68)7)36-60(62)58-24-18-55(38-64(58)74)69-47(8)31-42(3)32-48(69)9/h10-38H,1-9H3. The summed E-state index contributed by atoms with van der Waals surface area (Å²) in [6, 6.07) is 64.9. The van der Waals surface area contributed by atoms with E-state index in [1.54, 1.807) is 12.1 Å². The van der Waals surface area contributed by atoms with Crippen LogP contribution in [0.4, 0.5) is 4.39 Å². The number of fused-ring (bicyclic) bond motifs is 6. The van der Waals surface area contributed by atoms with Gasteiger partial charge in [-0.05, 0) is 206 Å². The first-order valence-corrected chi connectivity index (χ1v) is 25.6. The normalized spacial score (nSPS) is 11.6. The van der Waals surface area contributed by atoms with E-state index in [0.29, 0.717) is 5.56 Å². The molecule has 0 radical (unpaired) electrons. The van der Waals surface area contributed by atoms with Crippen molar-refractivity contribution in [1.29, 1.82) is 5.26 Å². The molecule has 12 rings (SSSR count). The predicted octanol–water partition coefficient (Wildman–Crippen LogP) is 19.0. The fraction of sp³-hybridized carbons (Fsp3) is 0.129. The van der Waals surface area contributed by atoms with Crippen LogP contribution in [0.2, 0.25) is 0 Å². The van der Waals surface area contributed by atoms with E-state index < -0.39 is 0 Å². The van der Waals surface area contributed by atoms with Crippen LogP contribution in [-0.4, -0.2) is 9.13 Å². The maximum Gasteiger partial charge on any atom is 0.123 e. The summed E-state index contributed by atoms with van der Waals surface area (Å²) < 4.78 is 20.0. The van der Waals surface area contributed by atoms with Gasteiger partial charge in [-0.1, -0.05) is 132 Å². The minimum Gasteiger partial charge on any atom is -0.308 e. The quantitative estimate of drug-likeness (QED) is 0.157. The molecule has 0 spiro atoms. The van der Waals surface area contributed by atoms with Crippen molar-refractivity contribution in [2.45, 2.75) is 62.3 Å². The average Bonchev–Trinajstić information content (AvgIpc) is 3.87. The lowest BCUT2D eigenvalue weighted by atomic mass is 9.92. The first kappa shape index (κ1) is 46.3. The highest BCUT2D eigenvalue weighted by molar-refractivity contribution is 6.14. The Morgan fingerprint density at radius 1 is 0.324 bits per heavy atom. The van der Waals surface area contributed by atoms with Gasteiger partial charge in [-0.2, -0.15) is 5.26 Å². The number of nitrogens with zero attached hydrogens (tertiary/aromatic N) is 3. The van der Waals surface area contributed by atoms with E-state index in [0.717, 1.165) is 93.9 Å². The van der Waals surface area contributed by atoms with E-state index in [-0.39, 0.29) is 5.82 Å². The zero-order valence-corrected chi connectivity index (χ0v) is 43.5. The third-order valence-electron chi connectivity index (χ3n) is 15.4. The summed E-state index contributed by atoms with van der Waals surface area (Å²) in [7, 11) is 0. The van der Waals surface area contributed by atoms with Crippen molar-refractivity contribution in [2.75, 3.05) is 0 Å². The Kier molecular flexibility index (Phi) is 11.1. The van der Waals surface area contributed by atoms with E-state index in [1.807, 2.05) is 30.3 Å². The van der Waals surface area contributed by atoms with E-state index in [9.17, 15) is 5.26 Å². The van der Waals surface area contributed by atoms with Crippen LogP contribution in [0.5, 0.6) is 0 Å². The number of hydrogen-bond donors (Lipinski definition) is 0. The highest BCUT2D eigenvalue weighted by Crippen LogP contribution is 2.46. The Morgan fingerprint density at radius 2 is 0.703 bits per heavy atom. The zero-order chi connectivity index (χ0) is 51.3. The van der Waals surface area contributed by atoms with Gasteiger partial charge >= 0.3 is 0 Å². The molecule has 12 aromatic rings. The molecule has 0 saturated carbocycles. The molecule has 0 amide bonds. The van der Waals surface area contributed by atoms with Crippen LogP contribution in [0.1, 0.15) is 55.6 Å². The maximum absolute atomic E-state index is 15.3. The third-order valence-corrected chi connectivity index (χ3v) is 15.4. The zero-order valence-electron chi connectivity index (χ0n) is 43.5. The van der Waals surface area contributed by atoms with Crippen LogP contribution < -0.4 is 0 Å². The molecule has 0 unspecified atom stereocenters. The van der Waals surface area contributed by atoms with Gasteiger partial charge in [0.15, 0.2) is 0 Å². The van der Waals surface area contributed by atoms with Crippen LogP contribution in [0, 0.1) is 79.5 Å². The molecule has 2 heterocycles. The number of nitriles is 1. The number of benzene rings is 10. The molecular weight excluding hydrogens is 902 g/mol. The summed E-state index contributed by atoms with van der Waals surface area (Å²) in [5, 5.41) is 15.7. The summed E-state index contributed by atoms with van der Waals surface area (Å²) in [5.41, 5.74) is 28.3. The summed E-state index contributed by atoms with van der Waals surface area (Å²) in [6.07, 6.45) is 0. The summed E-state index contributed by atoms with van der Waals surface area (Å²) >= 11 is 0. The second kappa shape index (κ2) is 17.8. The number of halogens is 1. The van der Waals surface area contributed by atoms with Gasteiger partial charge in [0.1, 0.15) is 5.82 Å². The molecule has 4 heteroatoms. The Balaban J connectivity index is 1.23. The van der Waals surface area contributed by atoms with Crippen LogP contribution in [0.3, 0.4) is 0 Å². The molecule has 0 aliphatic carbocycles. The molecule has 0 aliphatic rings. The Hall–Kier alpha value is -8.78. The van der Waals surface area contributed by atoms with Crippen LogP contribution in [0.25, 0.3) is 111 Å². The lowest BCUT2D eigenvalue weighted by molar-refractivity contribution is 0.628. The van der Waals surface area contributed by atoms with Gasteiger partial charge in [0.2, 0.25) is 0 Å². The molecular formula is C70H56FN3. The fourth-order valence-electron chi connectivity index (χ4n) is 12.7. The van der Waals surface area contributed by atoms with Gasteiger partial charge in [0, 0.05) is 27.1 Å². The van der Waals surface area contributed by atoms with Crippen molar-refractivity contribution < 1.29 is 4.39 Å². The third kappa shape index (κ3) is 7.62. The molecule has 3 nitrogen and oxygen atoms in total. The smallest absolute Gasteiger partial charge is 0.123 e. The predicted molar refractivity (Wildman–Crippen MR) is 310 cm³/mol. The molecule has 0 saturated heterocycles. The average molecular weight is 958 g/mol. The second-order valence-corrected chi connectivity index (χ2v) is 20.8. The summed E-state index contributed by atoms with van der Waals surface area (Å²) in [5.74, 6) is -0.316. The molecule has 0 N–H and O–H groups in total. The SMILES string of the molecule is Cc1cc(C)c(-c2ccc3c(c2)c2ccc(-c4ccccc4)cc2n3-c2cc(C#N)cc(-n3c4ccc(-c5c(C)cc(C)cc5C)cc4c4ccc(-c5c(C)cc(C)cc5C)cc43)c2-c2ccc(F)cc2)c(C)c1. The first-order valence-electron chi connectivity index (χ1n) is 25.6. The molecule has 358 valence electrons. The van der Waals surface area contributed by atoms with E-state index in [4.69, 9.17) is 0 Å². The maximum atomic E-state index is 15.3. The second-order valence-electron chi connectivity index (χ2n) is 20.8. The molecule has 74 heavy (non-hydrogen) atoms. The topological polar surface area (TPSA) is 33.6 Å². The fourth-order valence-corrected chi connectivity index (χ4v) is 12.7. The van der Waals surface area contributed by atoms with Gasteiger partial charge in [0.05, 0.1) is 45.1 Å². The van der Waals surface area contributed by atoms with Gasteiger partial charge in [0.25, 0.3) is 0 Å². The van der Waals surface area contributed by atoms with Gasteiger partial charge in [-0.15, -0.1) is 0 Å². The van der Waals surface area contributed by atoms with Crippen molar-refractivity contribution in [1.82, 2.24) is 9.13 Å². The number of aromatic nitrogens is 2. The van der Waals surface area contributed by atoms with E-state index in [2.05, 4.69) is 211 Å². The first-order chi connectivity index (χ1) is 35.7. The number of aryl methyl sites for hydroxylation is 9. The molecule has 0 atom stereocenters. The summed E-state index contributed by atoms with van der Waals surface area (Å²) in [6.45, 7) is 19.7. The molecule has 10 aromatic carbocycles. The van der Waals surface area contributed by atoms with E-state index in [1.165, 1.54) is 66.8 Å². The highest BCUT2D eigenvalue weighted by atomic mass is 19.1. The van der Waals surface area contributed by atoms with Crippen molar-refractivity contribution in [2.24, 2.45) is 0 Å². The van der Waals surface area contributed by atoms with Crippen molar-refractivity contribution in [3.8, 4) is 73.1 Å². The lowest BCUT2D eigenvalue weighted by Crippen LogP contribution is -2.05. The minimum atomic E-state index is -0.316. The Labute approximate surface area is 433 Å². The monoisotopic (exact) mass is 957 g/mol. The van der Waals surface area contributed by atoms with Crippen molar-refractivity contribution >= 4 is 43.6 Å². The molecule has 0 bridgehead atoms. The minimum absolute atomic E-state index is 0.316. The Bertz CT molecular complexity index is 4280. The van der Waals surface area contributed by atoms with Crippen molar-refractivity contribution in [3.05, 3.63) is 237 Å².